The van der Waals surface area contributed by atoms with E-state index < -0.39 is 23.7 Å². The zero-order chi connectivity index (χ0) is 21.2. The van der Waals surface area contributed by atoms with Crippen LogP contribution < -0.4 is 5.32 Å². The summed E-state index contributed by atoms with van der Waals surface area (Å²) in [5.41, 5.74) is 0.816. The fourth-order valence-corrected chi connectivity index (χ4v) is 3.41. The number of phenolic OH excluding ortho intramolecular Hbond substituents is 1. The first-order valence-electron chi connectivity index (χ1n) is 9.05. The van der Waals surface area contributed by atoms with Crippen LogP contribution in [-0.2, 0) is 11.0 Å². The van der Waals surface area contributed by atoms with Crippen LogP contribution in [-0.4, -0.2) is 35.0 Å². The van der Waals surface area contributed by atoms with Crippen molar-refractivity contribution in [1.82, 2.24) is 4.90 Å². The molecule has 2 aromatic rings. The lowest BCUT2D eigenvalue weighted by molar-refractivity contribution is -0.137. The van der Waals surface area contributed by atoms with Crippen molar-refractivity contribution >= 4 is 28.8 Å². The number of nitrogens with zero attached hydrogens (tertiary/aromatic N) is 1. The molecule has 0 saturated heterocycles. The summed E-state index contributed by atoms with van der Waals surface area (Å²) in [5, 5.41) is 11.7. The number of aromatic hydroxyl groups is 1. The SMILES string of the molecule is CC(C(=O)Nc1ccc(Cl)cc1C(F)(F)F)N1CC=C(c2ccc(O)cc2)CC1. The van der Waals surface area contributed by atoms with E-state index in [-0.39, 0.29) is 16.5 Å². The molecule has 154 valence electrons. The van der Waals surface area contributed by atoms with E-state index in [1.807, 2.05) is 23.1 Å². The number of benzene rings is 2. The van der Waals surface area contributed by atoms with Gasteiger partial charge in [0.1, 0.15) is 5.75 Å². The van der Waals surface area contributed by atoms with Gasteiger partial charge in [0.25, 0.3) is 0 Å². The van der Waals surface area contributed by atoms with E-state index in [9.17, 15) is 23.1 Å². The number of carbonyl (C=O) groups excluding carboxylic acids is 1. The Kier molecular flexibility index (Phi) is 6.19. The smallest absolute Gasteiger partial charge is 0.418 e. The van der Waals surface area contributed by atoms with Crippen LogP contribution in [0.2, 0.25) is 5.02 Å². The minimum Gasteiger partial charge on any atom is -0.508 e. The predicted molar refractivity (Wildman–Crippen MR) is 107 cm³/mol. The average Bonchev–Trinajstić information content (AvgIpc) is 2.68. The number of nitrogens with one attached hydrogen (secondary N) is 1. The van der Waals surface area contributed by atoms with Crippen molar-refractivity contribution in [2.75, 3.05) is 18.4 Å². The number of halogens is 4. The van der Waals surface area contributed by atoms with Crippen molar-refractivity contribution in [3.8, 4) is 5.75 Å². The third-order valence-electron chi connectivity index (χ3n) is 4.95. The lowest BCUT2D eigenvalue weighted by atomic mass is 9.98. The van der Waals surface area contributed by atoms with Gasteiger partial charge in [0.05, 0.1) is 17.3 Å². The molecule has 4 nitrogen and oxygen atoms in total. The second-order valence-corrected chi connectivity index (χ2v) is 7.31. The molecule has 0 saturated carbocycles. The summed E-state index contributed by atoms with van der Waals surface area (Å²) in [6.07, 6.45) is -1.94. The molecule has 2 N–H and O–H groups in total. The molecule has 0 bridgehead atoms. The molecule has 1 amide bonds. The molecule has 8 heteroatoms. The Morgan fingerprint density at radius 2 is 1.90 bits per heavy atom. The number of hydrogen-bond acceptors (Lipinski definition) is 3. The van der Waals surface area contributed by atoms with Crippen molar-refractivity contribution in [1.29, 1.82) is 0 Å². The predicted octanol–water partition coefficient (Wildman–Crippen LogP) is 5.18. The molecule has 3 rings (SSSR count). The van der Waals surface area contributed by atoms with Crippen molar-refractivity contribution in [3.63, 3.8) is 0 Å². The molecular weight excluding hydrogens is 405 g/mol. The Morgan fingerprint density at radius 1 is 1.21 bits per heavy atom. The second-order valence-electron chi connectivity index (χ2n) is 6.87. The fourth-order valence-electron chi connectivity index (χ4n) is 3.24. The zero-order valence-corrected chi connectivity index (χ0v) is 16.4. The highest BCUT2D eigenvalue weighted by atomic mass is 35.5. The normalized spacial score (nSPS) is 16.2. The highest BCUT2D eigenvalue weighted by molar-refractivity contribution is 6.30. The molecule has 29 heavy (non-hydrogen) atoms. The average molecular weight is 425 g/mol. The molecular formula is C21H20ClF3N2O2. The number of phenols is 1. The van der Waals surface area contributed by atoms with Crippen LogP contribution in [0.4, 0.5) is 18.9 Å². The summed E-state index contributed by atoms with van der Waals surface area (Å²) < 4.78 is 39.7. The van der Waals surface area contributed by atoms with Crippen LogP contribution in [0.5, 0.6) is 5.75 Å². The van der Waals surface area contributed by atoms with Gasteiger partial charge in [-0.2, -0.15) is 13.2 Å². The van der Waals surface area contributed by atoms with Gasteiger partial charge in [-0.1, -0.05) is 29.8 Å². The minimum absolute atomic E-state index is 0.0497. The molecule has 1 heterocycles. The summed E-state index contributed by atoms with van der Waals surface area (Å²) in [5.74, 6) is -0.322. The van der Waals surface area contributed by atoms with E-state index in [0.717, 1.165) is 23.3 Å². The lowest BCUT2D eigenvalue weighted by Crippen LogP contribution is -2.44. The summed E-state index contributed by atoms with van der Waals surface area (Å²) in [7, 11) is 0. The van der Waals surface area contributed by atoms with E-state index in [0.29, 0.717) is 19.5 Å². The molecule has 0 radical (unpaired) electrons. The van der Waals surface area contributed by atoms with Crippen LogP contribution in [0, 0.1) is 0 Å². The van der Waals surface area contributed by atoms with Crippen LogP contribution in [0.25, 0.3) is 5.57 Å². The maximum absolute atomic E-state index is 13.2. The van der Waals surface area contributed by atoms with Crippen LogP contribution in [0.15, 0.2) is 48.5 Å². The molecule has 0 spiro atoms. The third-order valence-corrected chi connectivity index (χ3v) is 5.19. The first kappa shape index (κ1) is 21.2. The maximum Gasteiger partial charge on any atom is 0.418 e. The minimum atomic E-state index is -4.62. The summed E-state index contributed by atoms with van der Waals surface area (Å²) in [6, 6.07) is 9.54. The standard InChI is InChI=1S/C21H20ClF3N2O2/c1-13(20(29)26-19-7-4-16(22)12-18(19)21(23,24)25)27-10-8-15(9-11-27)14-2-5-17(28)6-3-14/h2-8,12-13,28H,9-11H2,1H3,(H,26,29). The second kappa shape index (κ2) is 8.47. The van der Waals surface area contributed by atoms with E-state index >= 15 is 0 Å². The quantitative estimate of drug-likeness (QED) is 0.711. The summed E-state index contributed by atoms with van der Waals surface area (Å²) >= 11 is 5.68. The summed E-state index contributed by atoms with van der Waals surface area (Å²) in [4.78, 5) is 14.5. The lowest BCUT2D eigenvalue weighted by Gasteiger charge is -2.31. The highest BCUT2D eigenvalue weighted by Crippen LogP contribution is 2.36. The van der Waals surface area contributed by atoms with Gasteiger partial charge in [-0.15, -0.1) is 0 Å². The van der Waals surface area contributed by atoms with Crippen molar-refractivity contribution in [2.24, 2.45) is 0 Å². The zero-order valence-electron chi connectivity index (χ0n) is 15.6. The number of hydrogen-bond donors (Lipinski definition) is 2. The van der Waals surface area contributed by atoms with Crippen molar-refractivity contribution in [2.45, 2.75) is 25.6 Å². The Hall–Kier alpha value is -2.51. The monoisotopic (exact) mass is 424 g/mol. The largest absolute Gasteiger partial charge is 0.508 e. The molecule has 2 aromatic carbocycles. The Labute approximate surface area is 171 Å². The van der Waals surface area contributed by atoms with Crippen LogP contribution in [0.3, 0.4) is 0 Å². The van der Waals surface area contributed by atoms with Gasteiger partial charge in [-0.05, 0) is 54.8 Å². The third kappa shape index (κ3) is 5.10. The molecule has 1 unspecified atom stereocenters. The van der Waals surface area contributed by atoms with Gasteiger partial charge < -0.3 is 10.4 Å². The van der Waals surface area contributed by atoms with Gasteiger partial charge >= 0.3 is 6.18 Å². The van der Waals surface area contributed by atoms with E-state index in [4.69, 9.17) is 11.6 Å². The first-order chi connectivity index (χ1) is 13.6. The van der Waals surface area contributed by atoms with Crippen molar-refractivity contribution < 1.29 is 23.1 Å². The first-order valence-corrected chi connectivity index (χ1v) is 9.43. The fraction of sp³-hybridized carbons (Fsp3) is 0.286. The highest BCUT2D eigenvalue weighted by Gasteiger charge is 2.35. The molecule has 0 fully saturated rings. The van der Waals surface area contributed by atoms with Crippen molar-refractivity contribution in [3.05, 3.63) is 64.7 Å². The van der Waals surface area contributed by atoms with Gasteiger partial charge in [0, 0.05) is 18.1 Å². The molecule has 0 aliphatic carbocycles. The van der Waals surface area contributed by atoms with E-state index in [2.05, 4.69) is 5.32 Å². The van der Waals surface area contributed by atoms with Gasteiger partial charge in [-0.3, -0.25) is 9.69 Å². The molecule has 1 aliphatic rings. The molecule has 0 aromatic heterocycles. The molecule has 1 atom stereocenters. The van der Waals surface area contributed by atoms with Gasteiger partial charge in [-0.25, -0.2) is 0 Å². The van der Waals surface area contributed by atoms with E-state index in [1.54, 1.807) is 19.1 Å². The van der Waals surface area contributed by atoms with E-state index in [1.165, 1.54) is 6.07 Å². The Morgan fingerprint density at radius 3 is 2.48 bits per heavy atom. The Bertz CT molecular complexity index is 927. The maximum atomic E-state index is 13.2. The number of anilines is 1. The van der Waals surface area contributed by atoms with Crippen LogP contribution >= 0.6 is 11.6 Å². The van der Waals surface area contributed by atoms with Crippen LogP contribution in [0.1, 0.15) is 24.5 Å². The Balaban J connectivity index is 1.68. The number of rotatable bonds is 4. The summed E-state index contributed by atoms with van der Waals surface area (Å²) in [6.45, 7) is 2.75. The number of alkyl halides is 3. The van der Waals surface area contributed by atoms with Gasteiger partial charge in [0.15, 0.2) is 0 Å². The number of carbonyl (C=O) groups is 1. The van der Waals surface area contributed by atoms with Gasteiger partial charge in [0.2, 0.25) is 5.91 Å². The number of amides is 1. The topological polar surface area (TPSA) is 52.6 Å². The molecule has 1 aliphatic heterocycles.